The number of esters is 1. The highest BCUT2D eigenvalue weighted by Gasteiger charge is 2.55. The molecule has 1 N–H and O–H groups in total. The maximum absolute atomic E-state index is 13.7. The van der Waals surface area contributed by atoms with Crippen LogP contribution in [-0.2, 0) is 14.3 Å². The third-order valence-electron chi connectivity index (χ3n) is 3.29. The van der Waals surface area contributed by atoms with E-state index < -0.39 is 41.8 Å². The van der Waals surface area contributed by atoms with E-state index in [1.807, 2.05) is 0 Å². The van der Waals surface area contributed by atoms with Gasteiger partial charge in [-0.3, -0.25) is 4.79 Å². The fourth-order valence-electron chi connectivity index (χ4n) is 2.66. The minimum absolute atomic E-state index is 0.0846. The second-order valence-corrected chi connectivity index (χ2v) is 5.83. The molecule has 0 radical (unpaired) electrons. The zero-order valence-corrected chi connectivity index (χ0v) is 10.4. The lowest BCUT2D eigenvalue weighted by atomic mass is 9.91. The van der Waals surface area contributed by atoms with Gasteiger partial charge in [0.25, 0.3) is 0 Å². The van der Waals surface area contributed by atoms with Gasteiger partial charge in [0.2, 0.25) is 0 Å². The summed E-state index contributed by atoms with van der Waals surface area (Å²) in [7, 11) is 0. The molecule has 0 aromatic rings. The molecule has 98 valence electrons. The van der Waals surface area contributed by atoms with Crippen LogP contribution in [0.15, 0.2) is 0 Å². The van der Waals surface area contributed by atoms with Crippen molar-refractivity contribution >= 4 is 5.97 Å². The van der Waals surface area contributed by atoms with Crippen molar-refractivity contribution in [1.82, 2.24) is 0 Å². The van der Waals surface area contributed by atoms with Gasteiger partial charge in [0.15, 0.2) is 0 Å². The van der Waals surface area contributed by atoms with E-state index >= 15 is 0 Å². The van der Waals surface area contributed by atoms with Gasteiger partial charge in [-0.2, -0.15) is 0 Å². The quantitative estimate of drug-likeness (QED) is 0.703. The van der Waals surface area contributed by atoms with Gasteiger partial charge in [-0.05, 0) is 27.2 Å². The van der Waals surface area contributed by atoms with Gasteiger partial charge < -0.3 is 14.6 Å². The van der Waals surface area contributed by atoms with E-state index in [9.17, 15) is 14.3 Å². The van der Waals surface area contributed by atoms with Crippen molar-refractivity contribution < 1.29 is 23.8 Å². The molecule has 0 amide bonds. The molecule has 1 heterocycles. The summed E-state index contributed by atoms with van der Waals surface area (Å²) in [6.07, 6.45) is -2.52. The van der Waals surface area contributed by atoms with Crippen molar-refractivity contribution in [3.63, 3.8) is 0 Å². The number of alkyl halides is 1. The van der Waals surface area contributed by atoms with Gasteiger partial charge in [-0.25, -0.2) is 4.39 Å². The Morgan fingerprint density at radius 3 is 2.71 bits per heavy atom. The van der Waals surface area contributed by atoms with Crippen molar-refractivity contribution in [2.24, 2.45) is 11.8 Å². The van der Waals surface area contributed by atoms with E-state index in [1.54, 1.807) is 20.8 Å². The van der Waals surface area contributed by atoms with Gasteiger partial charge in [0.05, 0.1) is 24.7 Å². The van der Waals surface area contributed by atoms with Crippen molar-refractivity contribution in [1.29, 1.82) is 0 Å². The van der Waals surface area contributed by atoms with E-state index in [0.717, 1.165) is 0 Å². The number of aliphatic hydroxyl groups is 1. The predicted octanol–water partition coefficient (Wildman–Crippen LogP) is 1.06. The molecule has 17 heavy (non-hydrogen) atoms. The highest BCUT2D eigenvalue weighted by Crippen LogP contribution is 2.43. The van der Waals surface area contributed by atoms with Crippen molar-refractivity contribution in [3.05, 3.63) is 0 Å². The molecule has 0 spiro atoms. The highest BCUT2D eigenvalue weighted by molar-refractivity contribution is 5.74. The summed E-state index contributed by atoms with van der Waals surface area (Å²) in [5.41, 5.74) is -0.592. The lowest BCUT2D eigenvalue weighted by Crippen LogP contribution is -2.35. The summed E-state index contributed by atoms with van der Waals surface area (Å²) in [5.74, 6) is -1.48. The van der Waals surface area contributed by atoms with Crippen LogP contribution in [-0.4, -0.2) is 41.7 Å². The van der Waals surface area contributed by atoms with Crippen molar-refractivity contribution in [2.75, 3.05) is 6.61 Å². The van der Waals surface area contributed by atoms with Gasteiger partial charge in [0, 0.05) is 5.92 Å². The van der Waals surface area contributed by atoms with Gasteiger partial charge in [0.1, 0.15) is 11.8 Å². The van der Waals surface area contributed by atoms with Crippen LogP contribution in [0.4, 0.5) is 4.39 Å². The number of fused-ring (bicyclic) bond motifs is 1. The van der Waals surface area contributed by atoms with Crippen LogP contribution in [0.1, 0.15) is 27.2 Å². The Morgan fingerprint density at radius 2 is 2.12 bits per heavy atom. The Morgan fingerprint density at radius 1 is 1.47 bits per heavy atom. The lowest BCUT2D eigenvalue weighted by Gasteiger charge is -2.25. The molecule has 1 aliphatic carbocycles. The Bertz CT molecular complexity index is 312. The molecule has 1 saturated heterocycles. The van der Waals surface area contributed by atoms with Crippen molar-refractivity contribution in [2.45, 2.75) is 51.2 Å². The van der Waals surface area contributed by atoms with Crippen LogP contribution in [0.25, 0.3) is 0 Å². The first-order valence-corrected chi connectivity index (χ1v) is 5.96. The van der Waals surface area contributed by atoms with Crippen LogP contribution in [0.3, 0.4) is 0 Å². The fourth-order valence-corrected chi connectivity index (χ4v) is 2.66. The molecular formula is C12H19FO4. The summed E-state index contributed by atoms with van der Waals surface area (Å²) in [4.78, 5) is 11.9. The summed E-state index contributed by atoms with van der Waals surface area (Å²) >= 11 is 0. The third-order valence-corrected chi connectivity index (χ3v) is 3.29. The summed E-state index contributed by atoms with van der Waals surface area (Å²) in [6.45, 7) is 5.42. The van der Waals surface area contributed by atoms with E-state index in [-0.39, 0.29) is 13.0 Å². The number of carbonyl (C=O) groups excluding carboxylic acids is 1. The van der Waals surface area contributed by atoms with Gasteiger partial charge in [-0.1, -0.05) is 0 Å². The minimum atomic E-state index is -1.19. The second-order valence-electron chi connectivity index (χ2n) is 5.83. The van der Waals surface area contributed by atoms with Crippen LogP contribution in [0.5, 0.6) is 0 Å². The molecule has 5 atom stereocenters. The smallest absolute Gasteiger partial charge is 0.310 e. The van der Waals surface area contributed by atoms with E-state index in [4.69, 9.17) is 9.47 Å². The summed E-state index contributed by atoms with van der Waals surface area (Å²) in [5, 5.41) is 9.74. The number of hydrogen-bond acceptors (Lipinski definition) is 4. The summed E-state index contributed by atoms with van der Waals surface area (Å²) in [6, 6.07) is 0. The van der Waals surface area contributed by atoms with Crippen LogP contribution in [0, 0.1) is 11.8 Å². The SMILES string of the molecule is CC(C)(C)OC(=O)C1C[C@H](F)[C@H]2OC[C@H](O)[C@@H]12. The molecule has 5 heteroatoms. The number of hydrogen-bond donors (Lipinski definition) is 1. The molecule has 2 aliphatic rings. The van der Waals surface area contributed by atoms with E-state index in [2.05, 4.69) is 0 Å². The predicted molar refractivity (Wildman–Crippen MR) is 58.1 cm³/mol. The van der Waals surface area contributed by atoms with Gasteiger partial charge >= 0.3 is 5.97 Å². The van der Waals surface area contributed by atoms with Gasteiger partial charge in [-0.15, -0.1) is 0 Å². The van der Waals surface area contributed by atoms with Crippen LogP contribution < -0.4 is 0 Å². The Labute approximate surface area is 100 Å². The number of carbonyl (C=O) groups is 1. The topological polar surface area (TPSA) is 55.8 Å². The molecule has 4 nitrogen and oxygen atoms in total. The first-order valence-electron chi connectivity index (χ1n) is 5.96. The standard InChI is InChI=1S/C12H19FO4/c1-12(2,3)17-11(15)6-4-7(13)10-9(6)8(14)5-16-10/h6-10,14H,4-5H2,1-3H3/t6?,7-,8-,9+,10+/m0/s1. The number of aliphatic hydroxyl groups excluding tert-OH is 1. The molecule has 2 rings (SSSR count). The molecule has 2 fully saturated rings. The lowest BCUT2D eigenvalue weighted by molar-refractivity contribution is -0.162. The normalized spacial score (nSPS) is 41.4. The van der Waals surface area contributed by atoms with E-state index in [1.165, 1.54) is 0 Å². The maximum Gasteiger partial charge on any atom is 0.310 e. The largest absolute Gasteiger partial charge is 0.460 e. The fraction of sp³-hybridized carbons (Fsp3) is 0.917. The minimum Gasteiger partial charge on any atom is -0.460 e. The maximum atomic E-state index is 13.7. The average molecular weight is 246 g/mol. The molecule has 0 aromatic heterocycles. The zero-order chi connectivity index (χ0) is 12.8. The Hall–Kier alpha value is -0.680. The van der Waals surface area contributed by atoms with Crippen LogP contribution >= 0.6 is 0 Å². The van der Waals surface area contributed by atoms with E-state index in [0.29, 0.717) is 0 Å². The number of ether oxygens (including phenoxy) is 2. The number of rotatable bonds is 1. The number of halogens is 1. The highest BCUT2D eigenvalue weighted by atomic mass is 19.1. The Balaban J connectivity index is 2.08. The monoisotopic (exact) mass is 246 g/mol. The zero-order valence-electron chi connectivity index (χ0n) is 10.4. The first-order chi connectivity index (χ1) is 7.79. The summed E-state index contributed by atoms with van der Waals surface area (Å²) < 4.78 is 24.1. The molecule has 0 bridgehead atoms. The Kier molecular flexibility index (Phi) is 3.16. The second kappa shape index (κ2) is 4.21. The van der Waals surface area contributed by atoms with Crippen LogP contribution in [0.2, 0.25) is 0 Å². The first kappa shape index (κ1) is 12.8. The molecule has 1 aliphatic heterocycles. The third kappa shape index (κ3) is 2.45. The molecule has 1 unspecified atom stereocenters. The molecule has 0 aromatic carbocycles. The molecule has 1 saturated carbocycles. The van der Waals surface area contributed by atoms with Crippen molar-refractivity contribution in [3.8, 4) is 0 Å². The molecular weight excluding hydrogens is 227 g/mol. The average Bonchev–Trinajstić information content (AvgIpc) is 2.67.